The van der Waals surface area contributed by atoms with Crippen LogP contribution in [0.2, 0.25) is 5.02 Å². The number of halogens is 1. The molecule has 2 aliphatic rings. The zero-order valence-electron chi connectivity index (χ0n) is 18.7. The number of unbranched alkanes of at least 4 members (excludes halogenated alkanes) is 4. The first-order chi connectivity index (χ1) is 16.4. The van der Waals surface area contributed by atoms with Crippen LogP contribution in [0.4, 0.5) is 5.69 Å². The van der Waals surface area contributed by atoms with Crippen LogP contribution in [-0.2, 0) is 9.59 Å². The van der Waals surface area contributed by atoms with Crippen molar-refractivity contribution in [2.75, 3.05) is 11.4 Å². The standard InChI is InChI=1S/C25H24ClN3O3S2/c1-2-3-4-5-8-14-28-19-13-7-6-12-18(19)20(23(28)31)21-24(32)29(25(33)34-21)27-22(30)16-10-9-11-17(26)15-16/h6-7,9-13,15H,2-5,8,14H2,1H3,(H,27,30)/b21-20-. The minimum Gasteiger partial charge on any atom is -0.308 e. The van der Waals surface area contributed by atoms with Gasteiger partial charge in [-0.3, -0.25) is 19.8 Å². The molecule has 1 saturated heterocycles. The molecular weight excluding hydrogens is 490 g/mol. The molecule has 0 aromatic heterocycles. The summed E-state index contributed by atoms with van der Waals surface area (Å²) in [5, 5.41) is 1.43. The van der Waals surface area contributed by atoms with Crippen molar-refractivity contribution in [2.45, 2.75) is 39.0 Å². The molecule has 2 aromatic carbocycles. The Balaban J connectivity index is 1.58. The van der Waals surface area contributed by atoms with Gasteiger partial charge in [-0.15, -0.1) is 0 Å². The van der Waals surface area contributed by atoms with Crippen LogP contribution in [-0.4, -0.2) is 33.6 Å². The third-order valence-corrected chi connectivity index (χ3v) is 7.31. The number of rotatable bonds is 8. The van der Waals surface area contributed by atoms with E-state index in [1.807, 2.05) is 24.3 Å². The second-order valence-electron chi connectivity index (χ2n) is 8.05. The molecule has 2 heterocycles. The van der Waals surface area contributed by atoms with E-state index in [4.69, 9.17) is 23.8 Å². The number of thioether (sulfide) groups is 1. The third-order valence-electron chi connectivity index (χ3n) is 5.70. The van der Waals surface area contributed by atoms with Gasteiger partial charge < -0.3 is 4.90 Å². The van der Waals surface area contributed by atoms with E-state index in [1.54, 1.807) is 23.1 Å². The molecule has 0 atom stereocenters. The molecule has 0 spiro atoms. The van der Waals surface area contributed by atoms with Crippen molar-refractivity contribution in [3.8, 4) is 0 Å². The number of thiocarbonyl (C=S) groups is 1. The van der Waals surface area contributed by atoms with E-state index in [1.165, 1.54) is 12.5 Å². The predicted octanol–water partition coefficient (Wildman–Crippen LogP) is 5.57. The number of hydrogen-bond donors (Lipinski definition) is 1. The van der Waals surface area contributed by atoms with Gasteiger partial charge in [-0.1, -0.05) is 80.2 Å². The highest BCUT2D eigenvalue weighted by molar-refractivity contribution is 8.26. The van der Waals surface area contributed by atoms with Gasteiger partial charge in [-0.2, -0.15) is 5.01 Å². The van der Waals surface area contributed by atoms with Crippen LogP contribution in [0.15, 0.2) is 53.4 Å². The van der Waals surface area contributed by atoms with E-state index in [0.29, 0.717) is 28.3 Å². The predicted molar refractivity (Wildman–Crippen MR) is 140 cm³/mol. The Labute approximate surface area is 213 Å². The number of hydrazine groups is 1. The number of carbonyl (C=O) groups excluding carboxylic acids is 3. The number of nitrogens with one attached hydrogen (secondary N) is 1. The average Bonchev–Trinajstić information content (AvgIpc) is 3.26. The zero-order valence-corrected chi connectivity index (χ0v) is 21.1. The monoisotopic (exact) mass is 513 g/mol. The van der Waals surface area contributed by atoms with Crippen molar-refractivity contribution in [1.29, 1.82) is 0 Å². The molecular formula is C25H24ClN3O3S2. The first-order valence-corrected chi connectivity index (χ1v) is 12.8. The van der Waals surface area contributed by atoms with E-state index in [0.717, 1.165) is 48.1 Å². The van der Waals surface area contributed by atoms with Gasteiger partial charge in [0.2, 0.25) is 0 Å². The fourth-order valence-corrected chi connectivity index (χ4v) is 5.45. The number of fused-ring (bicyclic) bond motifs is 1. The molecule has 1 N–H and O–H groups in total. The van der Waals surface area contributed by atoms with Crippen molar-refractivity contribution in [3.63, 3.8) is 0 Å². The van der Waals surface area contributed by atoms with E-state index in [2.05, 4.69) is 12.3 Å². The van der Waals surface area contributed by atoms with Crippen LogP contribution in [0.5, 0.6) is 0 Å². The lowest BCUT2D eigenvalue weighted by atomic mass is 10.1. The highest BCUT2D eigenvalue weighted by atomic mass is 35.5. The smallest absolute Gasteiger partial charge is 0.286 e. The molecule has 0 aliphatic carbocycles. The topological polar surface area (TPSA) is 69.7 Å². The molecule has 0 saturated carbocycles. The lowest BCUT2D eigenvalue weighted by molar-refractivity contribution is -0.124. The molecule has 0 radical (unpaired) electrons. The van der Waals surface area contributed by atoms with Crippen molar-refractivity contribution in [3.05, 3.63) is 69.6 Å². The highest BCUT2D eigenvalue weighted by Crippen LogP contribution is 2.44. The van der Waals surface area contributed by atoms with Crippen molar-refractivity contribution < 1.29 is 14.4 Å². The van der Waals surface area contributed by atoms with Crippen molar-refractivity contribution in [1.82, 2.24) is 10.4 Å². The fourth-order valence-electron chi connectivity index (χ4n) is 4.01. The molecule has 2 aliphatic heterocycles. The van der Waals surface area contributed by atoms with E-state index in [-0.39, 0.29) is 15.1 Å². The van der Waals surface area contributed by atoms with Gasteiger partial charge in [0.05, 0.1) is 16.2 Å². The van der Waals surface area contributed by atoms with Crippen LogP contribution in [0.1, 0.15) is 54.9 Å². The molecule has 4 rings (SSSR count). The summed E-state index contributed by atoms with van der Waals surface area (Å²) in [6.07, 6.45) is 5.42. The van der Waals surface area contributed by atoms with Gasteiger partial charge in [0.1, 0.15) is 0 Å². The summed E-state index contributed by atoms with van der Waals surface area (Å²) in [4.78, 5) is 41.4. The van der Waals surface area contributed by atoms with E-state index >= 15 is 0 Å². The second kappa shape index (κ2) is 10.7. The molecule has 1 fully saturated rings. The molecule has 2 aromatic rings. The molecule has 9 heteroatoms. The minimum atomic E-state index is -0.520. The third kappa shape index (κ3) is 4.89. The Kier molecular flexibility index (Phi) is 7.70. The lowest BCUT2D eigenvalue weighted by Gasteiger charge is -2.17. The summed E-state index contributed by atoms with van der Waals surface area (Å²) < 4.78 is 0.158. The first kappa shape index (κ1) is 24.4. The number of nitrogens with zero attached hydrogens (tertiary/aromatic N) is 2. The number of anilines is 1. The molecule has 176 valence electrons. The first-order valence-electron chi connectivity index (χ1n) is 11.2. The molecule has 34 heavy (non-hydrogen) atoms. The quantitative estimate of drug-likeness (QED) is 0.284. The Hall–Kier alpha value is -2.68. The molecule has 3 amide bonds. The van der Waals surface area contributed by atoms with Crippen molar-refractivity contribution >= 4 is 68.9 Å². The number of para-hydroxylation sites is 1. The van der Waals surface area contributed by atoms with Gasteiger partial charge in [0.25, 0.3) is 17.7 Å². The number of benzene rings is 2. The van der Waals surface area contributed by atoms with E-state index in [9.17, 15) is 14.4 Å². The van der Waals surface area contributed by atoms with Crippen LogP contribution in [0.3, 0.4) is 0 Å². The summed E-state index contributed by atoms with van der Waals surface area (Å²) in [6.45, 7) is 2.76. The lowest BCUT2D eigenvalue weighted by Crippen LogP contribution is -2.45. The minimum absolute atomic E-state index is 0.158. The SMILES string of the molecule is CCCCCCCN1C(=O)/C(=C2\SC(=S)N(NC(=O)c3cccc(Cl)c3)C2=O)c2ccccc21. The van der Waals surface area contributed by atoms with Gasteiger partial charge in [0.15, 0.2) is 4.32 Å². The summed E-state index contributed by atoms with van der Waals surface area (Å²) in [7, 11) is 0. The van der Waals surface area contributed by atoms with Crippen LogP contribution >= 0.6 is 35.6 Å². The molecule has 6 nitrogen and oxygen atoms in total. The number of amides is 3. The highest BCUT2D eigenvalue weighted by Gasteiger charge is 2.42. The summed E-state index contributed by atoms with van der Waals surface area (Å²) in [5.41, 5.74) is 4.68. The Bertz CT molecular complexity index is 1200. The maximum atomic E-state index is 13.4. The van der Waals surface area contributed by atoms with E-state index < -0.39 is 11.8 Å². The number of carbonyl (C=O) groups is 3. The average molecular weight is 514 g/mol. The van der Waals surface area contributed by atoms with Crippen LogP contribution in [0, 0.1) is 0 Å². The summed E-state index contributed by atoms with van der Waals surface area (Å²) >= 11 is 12.4. The van der Waals surface area contributed by atoms with Gasteiger partial charge in [-0.25, -0.2) is 0 Å². The maximum absolute atomic E-state index is 13.4. The normalized spacial score (nSPS) is 17.5. The number of hydrogen-bond acceptors (Lipinski definition) is 5. The van der Waals surface area contributed by atoms with Crippen molar-refractivity contribution in [2.24, 2.45) is 0 Å². The Morgan fingerprint density at radius 3 is 2.56 bits per heavy atom. The summed E-state index contributed by atoms with van der Waals surface area (Å²) in [5.74, 6) is -1.25. The van der Waals surface area contributed by atoms with Gasteiger partial charge in [-0.05, 0) is 42.9 Å². The maximum Gasteiger partial charge on any atom is 0.286 e. The molecule has 0 bridgehead atoms. The van der Waals surface area contributed by atoms with Crippen LogP contribution in [0.25, 0.3) is 5.57 Å². The van der Waals surface area contributed by atoms with Gasteiger partial charge >= 0.3 is 0 Å². The molecule has 0 unspecified atom stereocenters. The summed E-state index contributed by atoms with van der Waals surface area (Å²) in [6, 6.07) is 13.9. The fraction of sp³-hybridized carbons (Fsp3) is 0.280. The second-order valence-corrected chi connectivity index (χ2v) is 10.1. The van der Waals surface area contributed by atoms with Crippen LogP contribution < -0.4 is 10.3 Å². The van der Waals surface area contributed by atoms with Gasteiger partial charge in [0, 0.05) is 22.7 Å². The Morgan fingerprint density at radius 2 is 1.79 bits per heavy atom. The Morgan fingerprint density at radius 1 is 1.03 bits per heavy atom. The largest absolute Gasteiger partial charge is 0.308 e. The zero-order chi connectivity index (χ0) is 24.2.